The van der Waals surface area contributed by atoms with Crippen LogP contribution in [0.2, 0.25) is 0 Å². The Morgan fingerprint density at radius 2 is 0.594 bits per heavy atom. The average Bonchev–Trinajstić information content (AvgIpc) is 1.73. The third-order valence-corrected chi connectivity index (χ3v) is 20.1. The number of nitrogen functional groups attached to an aromatic ring is 1. The minimum absolute atomic E-state index is 0.0127. The Bertz CT molecular complexity index is 4930. The number of hydrogen-bond acceptors (Lipinski definition) is 9. The molecule has 2 N–H and O–H groups in total. The van der Waals surface area contributed by atoms with Gasteiger partial charge in [0.15, 0.2) is 9.84 Å². The van der Waals surface area contributed by atoms with Crippen LogP contribution in [0.5, 0.6) is 11.5 Å². The van der Waals surface area contributed by atoms with E-state index < -0.39 is 30.0 Å². The molecule has 11 nitrogen and oxygen atoms in total. The molecule has 504 valence electrons. The van der Waals surface area contributed by atoms with Crippen molar-refractivity contribution in [1.29, 1.82) is 0 Å². The van der Waals surface area contributed by atoms with Crippen LogP contribution in [-0.4, -0.2) is 49.2 Å². The van der Waals surface area contributed by atoms with Gasteiger partial charge in [-0.05, 0) is 97.6 Å². The normalized spacial score (nSPS) is 11.5. The van der Waals surface area contributed by atoms with Crippen LogP contribution in [0.1, 0.15) is 61.2 Å². The molecule has 0 bridgehead atoms. The summed E-state index contributed by atoms with van der Waals surface area (Å²) in [5.41, 5.74) is 20.3. The summed E-state index contributed by atoms with van der Waals surface area (Å²) in [6, 6.07) is 113. The van der Waals surface area contributed by atoms with Crippen molar-refractivity contribution in [3.63, 3.8) is 0 Å². The van der Waals surface area contributed by atoms with E-state index in [4.69, 9.17) is 35.9 Å². The molecule has 0 aliphatic rings. The summed E-state index contributed by atoms with van der Waals surface area (Å²) in [4.78, 5) is 9.89. The highest BCUT2D eigenvalue weighted by molar-refractivity contribution is 8.13. The summed E-state index contributed by atoms with van der Waals surface area (Å²) in [6.45, 7) is 1.02. The molecule has 101 heavy (non-hydrogen) atoms. The standard InChI is InChI=1S/C44H38N2O3S.C36H31N3O.C7H7ClO2S/c47-50(48,32-36-15-5-1-6-16-36)33-37-27-25-35(26-28-37)29-30-49-43-24-14-13-23-41(43)42-31-46(34-45-42)44(38-17-7-2-8-18-38,39-19-9-3-10-20-39)40-21-11-4-12-22-40;37-32-22-20-28(21-23-32)24-25-40-35-19-11-10-18-33(35)34-26-39(27-38-34)36(29-12-4-1-5-13-29,30-14-6-2-7-15-30)31-16-8-3-9-17-31;8-11(9,10)6-7-4-2-1-3-5-7/h1-28,31,34H,29-30,32-33H2;1-23,26-27H,24-25,37H2;1-5H,6H2. The van der Waals surface area contributed by atoms with E-state index in [0.717, 1.165) is 96.2 Å². The molecule has 2 heterocycles. The first-order valence-electron chi connectivity index (χ1n) is 33.3. The Kier molecular flexibility index (Phi) is 22.7. The van der Waals surface area contributed by atoms with Crippen molar-refractivity contribution in [2.24, 2.45) is 0 Å². The fourth-order valence-electron chi connectivity index (χ4n) is 12.8. The predicted molar refractivity (Wildman–Crippen MR) is 408 cm³/mol. The molecule has 0 saturated heterocycles. The molecule has 14 heteroatoms. The zero-order valence-electron chi connectivity index (χ0n) is 55.6. The second kappa shape index (κ2) is 33.0. The fourth-order valence-corrected chi connectivity index (χ4v) is 15.3. The Morgan fingerprint density at radius 3 is 0.921 bits per heavy atom. The van der Waals surface area contributed by atoms with Gasteiger partial charge in [0.25, 0.3) is 0 Å². The van der Waals surface area contributed by atoms with E-state index >= 15 is 0 Å². The van der Waals surface area contributed by atoms with Crippen molar-refractivity contribution in [2.75, 3.05) is 18.9 Å². The third-order valence-electron chi connectivity index (χ3n) is 17.5. The lowest BCUT2D eigenvalue weighted by Gasteiger charge is -2.37. The molecule has 0 fully saturated rings. The zero-order valence-corrected chi connectivity index (χ0v) is 58.0. The quantitative estimate of drug-likeness (QED) is 0.0354. The first-order chi connectivity index (χ1) is 49.3. The maximum absolute atomic E-state index is 12.8. The lowest BCUT2D eigenvalue weighted by Crippen LogP contribution is -2.36. The summed E-state index contributed by atoms with van der Waals surface area (Å²) >= 11 is 0. The van der Waals surface area contributed by atoms with E-state index in [2.05, 4.69) is 191 Å². The van der Waals surface area contributed by atoms with Crippen molar-refractivity contribution < 1.29 is 26.3 Å². The van der Waals surface area contributed by atoms with Crippen molar-refractivity contribution >= 4 is 35.3 Å². The monoisotopic (exact) mass is 1390 g/mol. The first kappa shape index (κ1) is 69.5. The first-order valence-corrected chi connectivity index (χ1v) is 37.6. The lowest BCUT2D eigenvalue weighted by atomic mass is 9.77. The van der Waals surface area contributed by atoms with Gasteiger partial charge in [-0.15, -0.1) is 0 Å². The molecule has 0 radical (unpaired) electrons. The van der Waals surface area contributed by atoms with E-state index in [1.165, 1.54) is 5.56 Å². The number of imidazole rings is 2. The third kappa shape index (κ3) is 17.4. The van der Waals surface area contributed by atoms with Gasteiger partial charge >= 0.3 is 0 Å². The molecule has 0 spiro atoms. The number of sulfone groups is 1. The molecule has 14 aromatic rings. The molecular formula is C87H76ClN5O6S2. The summed E-state index contributed by atoms with van der Waals surface area (Å²) in [7, 11) is -1.64. The van der Waals surface area contributed by atoms with E-state index in [9.17, 15) is 16.8 Å². The number of rotatable bonds is 24. The van der Waals surface area contributed by atoms with Crippen LogP contribution in [0.4, 0.5) is 5.69 Å². The molecule has 0 atom stereocenters. The average molecular weight is 1390 g/mol. The molecule has 2 aromatic heterocycles. The smallest absolute Gasteiger partial charge is 0.236 e. The van der Waals surface area contributed by atoms with Crippen LogP contribution >= 0.6 is 10.7 Å². The number of benzene rings is 12. The van der Waals surface area contributed by atoms with Gasteiger partial charge in [-0.25, -0.2) is 26.8 Å². The van der Waals surface area contributed by atoms with Crippen LogP contribution in [-0.2, 0) is 60.1 Å². The molecule has 14 rings (SSSR count). The number of nitrogens with zero attached hydrogens (tertiary/aromatic N) is 4. The number of ether oxygens (including phenoxy) is 2. The highest BCUT2D eigenvalue weighted by Crippen LogP contribution is 2.44. The molecule has 0 aliphatic carbocycles. The highest BCUT2D eigenvalue weighted by Gasteiger charge is 2.40. The summed E-state index contributed by atoms with van der Waals surface area (Å²) in [5.74, 6) is 1.51. The SMILES string of the molecule is Nc1ccc(CCOc2ccccc2-c2cn(C(c3ccccc3)(c3ccccc3)c3ccccc3)cn2)cc1.O=S(=O)(Cc1ccccc1)Cc1ccc(CCOc2ccccc2-c2cn(C(c3ccccc3)(c3ccccc3)c3ccccc3)cn2)cc1.O=S(=O)(Cl)Cc1ccccc1. The van der Waals surface area contributed by atoms with E-state index in [1.807, 2.05) is 158 Å². The number of nitrogens with two attached hydrogens (primary N) is 1. The van der Waals surface area contributed by atoms with Crippen molar-refractivity contribution in [1.82, 2.24) is 19.1 Å². The zero-order chi connectivity index (χ0) is 69.8. The van der Waals surface area contributed by atoms with Gasteiger partial charge in [-0.3, -0.25) is 0 Å². The van der Waals surface area contributed by atoms with Crippen molar-refractivity contribution in [3.05, 3.63) is 426 Å². The van der Waals surface area contributed by atoms with E-state index in [-0.39, 0.29) is 17.3 Å². The predicted octanol–water partition coefficient (Wildman–Crippen LogP) is 18.5. The minimum atomic E-state index is -3.40. The van der Waals surface area contributed by atoms with E-state index in [1.54, 1.807) is 24.3 Å². The Labute approximate surface area is 596 Å². The maximum atomic E-state index is 12.8. The molecule has 12 aromatic carbocycles. The Morgan fingerprint density at radius 1 is 0.327 bits per heavy atom. The molecular weight excluding hydrogens is 1310 g/mol. The van der Waals surface area contributed by atoms with Crippen LogP contribution in [0.3, 0.4) is 0 Å². The lowest BCUT2D eigenvalue weighted by molar-refractivity contribution is 0.323. The number of hydrogen-bond donors (Lipinski definition) is 1. The van der Waals surface area contributed by atoms with Gasteiger partial charge in [0.1, 0.15) is 22.6 Å². The van der Waals surface area contributed by atoms with Gasteiger partial charge in [-0.1, -0.05) is 303 Å². The number of aromatic nitrogens is 4. The molecule has 0 amide bonds. The topological polar surface area (TPSA) is 148 Å². The Balaban J connectivity index is 0.000000169. The second-order valence-corrected chi connectivity index (χ2v) is 29.2. The van der Waals surface area contributed by atoms with E-state index in [0.29, 0.717) is 25.2 Å². The number of para-hydroxylation sites is 2. The summed E-state index contributed by atoms with van der Waals surface area (Å²) in [5, 5.41) is 0. The van der Waals surface area contributed by atoms with Gasteiger partial charge in [0, 0.05) is 52.7 Å². The van der Waals surface area contributed by atoms with Gasteiger partial charge in [0.05, 0.1) is 54.5 Å². The molecule has 0 aliphatic heterocycles. The van der Waals surface area contributed by atoms with Crippen LogP contribution in [0.15, 0.2) is 365 Å². The summed E-state index contributed by atoms with van der Waals surface area (Å²) in [6.07, 6.45) is 9.57. The van der Waals surface area contributed by atoms with Crippen molar-refractivity contribution in [2.45, 2.75) is 41.2 Å². The molecule has 0 saturated carbocycles. The summed E-state index contributed by atoms with van der Waals surface area (Å²) < 4.78 is 63.8. The maximum Gasteiger partial charge on any atom is 0.236 e. The molecule has 0 unspecified atom stereocenters. The van der Waals surface area contributed by atoms with Crippen molar-refractivity contribution in [3.8, 4) is 34.0 Å². The number of anilines is 1. The van der Waals surface area contributed by atoms with Gasteiger partial charge < -0.3 is 24.3 Å². The highest BCUT2D eigenvalue weighted by atomic mass is 35.7. The van der Waals surface area contributed by atoms with Gasteiger partial charge in [-0.2, -0.15) is 0 Å². The van der Waals surface area contributed by atoms with Crippen LogP contribution in [0.25, 0.3) is 22.5 Å². The number of halogens is 1. The van der Waals surface area contributed by atoms with Crippen LogP contribution < -0.4 is 15.2 Å². The largest absolute Gasteiger partial charge is 0.493 e. The van der Waals surface area contributed by atoms with Gasteiger partial charge in [0.2, 0.25) is 9.05 Å². The van der Waals surface area contributed by atoms with Crippen LogP contribution in [0, 0.1) is 0 Å². The minimum Gasteiger partial charge on any atom is -0.493 e. The second-order valence-electron chi connectivity index (χ2n) is 24.4. The Hall–Kier alpha value is -11.4. The fraction of sp³-hybridized carbons (Fsp3) is 0.103.